The van der Waals surface area contributed by atoms with Gasteiger partial charge in [0, 0.05) is 6.20 Å². The van der Waals surface area contributed by atoms with E-state index in [1.54, 1.807) is 37.3 Å². The molecular weight excluding hydrogens is 287 g/mol. The maximum Gasteiger partial charge on any atom is 0.358 e. The van der Waals surface area contributed by atoms with Crippen LogP contribution in [0, 0.1) is 12.7 Å². The van der Waals surface area contributed by atoms with Crippen molar-refractivity contribution < 1.29 is 14.3 Å². The Balaban J connectivity index is 2.30. The van der Waals surface area contributed by atoms with Crippen LogP contribution in [0.2, 0.25) is 0 Å². The average Bonchev–Trinajstić information content (AvgIpc) is 2.95. The Bertz CT molecular complexity index is 846. The van der Waals surface area contributed by atoms with Gasteiger partial charge in [0.15, 0.2) is 5.69 Å². The van der Waals surface area contributed by atoms with E-state index in [0.717, 1.165) is 10.2 Å². The van der Waals surface area contributed by atoms with E-state index in [-0.39, 0.29) is 17.1 Å². The lowest BCUT2D eigenvalue weighted by molar-refractivity contribution is 0.0691. The molecule has 0 atom stereocenters. The highest BCUT2D eigenvalue weighted by Gasteiger charge is 2.23. The topological polar surface area (TPSA) is 80.9 Å². The molecule has 0 aliphatic rings. The molecule has 22 heavy (non-hydrogen) atoms. The molecule has 0 fully saturated rings. The second kappa shape index (κ2) is 5.36. The lowest BCUT2D eigenvalue weighted by atomic mass is 10.2. The molecule has 1 aromatic carbocycles. The van der Waals surface area contributed by atoms with Gasteiger partial charge in [0.2, 0.25) is 0 Å². The molecule has 0 aliphatic carbocycles. The molecule has 1 N–H and O–H groups in total. The fourth-order valence-corrected chi connectivity index (χ4v) is 2.11. The van der Waals surface area contributed by atoms with Crippen LogP contribution in [0.1, 0.15) is 16.1 Å². The molecule has 6 nitrogen and oxygen atoms in total. The molecule has 3 rings (SSSR count). The molecule has 0 radical (unpaired) electrons. The summed E-state index contributed by atoms with van der Waals surface area (Å²) in [6.45, 7) is 1.80. The van der Waals surface area contributed by atoms with E-state index in [2.05, 4.69) is 15.3 Å². The number of aromatic carboxylic acids is 1. The van der Waals surface area contributed by atoms with E-state index in [0.29, 0.717) is 5.69 Å². The van der Waals surface area contributed by atoms with E-state index >= 15 is 0 Å². The zero-order valence-electron chi connectivity index (χ0n) is 11.6. The zero-order valence-corrected chi connectivity index (χ0v) is 11.6. The van der Waals surface area contributed by atoms with Crippen LogP contribution in [0.25, 0.3) is 17.1 Å². The first-order valence-corrected chi connectivity index (χ1v) is 6.45. The van der Waals surface area contributed by atoms with Crippen LogP contribution in [-0.2, 0) is 0 Å². The maximum absolute atomic E-state index is 14.1. The van der Waals surface area contributed by atoms with E-state index < -0.39 is 11.8 Å². The van der Waals surface area contributed by atoms with E-state index in [9.17, 15) is 14.3 Å². The van der Waals surface area contributed by atoms with Gasteiger partial charge in [0.05, 0.1) is 5.69 Å². The number of benzene rings is 1. The van der Waals surface area contributed by atoms with Crippen molar-refractivity contribution in [3.05, 3.63) is 59.7 Å². The molecule has 0 saturated carbocycles. The first-order chi connectivity index (χ1) is 10.6. The summed E-state index contributed by atoms with van der Waals surface area (Å²) in [5.41, 5.74) is 1.15. The van der Waals surface area contributed by atoms with Crippen molar-refractivity contribution in [2.75, 3.05) is 0 Å². The molecule has 0 bridgehead atoms. The third kappa shape index (κ3) is 2.32. The van der Waals surface area contributed by atoms with Gasteiger partial charge in [0.25, 0.3) is 0 Å². The summed E-state index contributed by atoms with van der Waals surface area (Å²) < 4.78 is 15.3. The van der Waals surface area contributed by atoms with Crippen LogP contribution in [0.4, 0.5) is 4.39 Å². The standard InChI is InChI=1S/C15H11FN4O2/c1-9-5-6-10(16)12(8-9)20-14(11-4-2-3-7-17-11)13(15(21)22)18-19-20/h2-8H,1H3,(H,21,22). The number of rotatable bonds is 3. The monoisotopic (exact) mass is 298 g/mol. The summed E-state index contributed by atoms with van der Waals surface area (Å²) in [5, 5.41) is 16.7. The van der Waals surface area contributed by atoms with Crippen molar-refractivity contribution in [1.29, 1.82) is 0 Å². The minimum Gasteiger partial charge on any atom is -0.476 e. The Labute approximate surface area is 124 Å². The molecule has 0 aliphatic heterocycles. The van der Waals surface area contributed by atoms with Crippen LogP contribution < -0.4 is 0 Å². The summed E-state index contributed by atoms with van der Waals surface area (Å²) in [6, 6.07) is 9.52. The number of nitrogens with zero attached hydrogens (tertiary/aromatic N) is 4. The molecule has 2 heterocycles. The summed E-state index contributed by atoms with van der Waals surface area (Å²) in [4.78, 5) is 15.5. The van der Waals surface area contributed by atoms with Gasteiger partial charge >= 0.3 is 5.97 Å². The summed E-state index contributed by atoms with van der Waals surface area (Å²) in [5.74, 6) is -1.77. The first kappa shape index (κ1) is 13.9. The number of hydrogen-bond donors (Lipinski definition) is 1. The van der Waals surface area contributed by atoms with Crippen molar-refractivity contribution in [1.82, 2.24) is 20.0 Å². The number of pyridine rings is 1. The molecule has 0 saturated heterocycles. The predicted molar refractivity (Wildman–Crippen MR) is 76.2 cm³/mol. The van der Waals surface area contributed by atoms with E-state index in [1.165, 1.54) is 12.3 Å². The molecule has 7 heteroatoms. The van der Waals surface area contributed by atoms with Crippen LogP contribution in [0.15, 0.2) is 42.6 Å². The number of carboxylic acids is 1. The van der Waals surface area contributed by atoms with Gasteiger partial charge in [-0.25, -0.2) is 13.9 Å². The lowest BCUT2D eigenvalue weighted by Crippen LogP contribution is -2.06. The first-order valence-electron chi connectivity index (χ1n) is 6.45. The van der Waals surface area contributed by atoms with E-state index in [1.807, 2.05) is 0 Å². The number of carboxylic acid groups (broad SMARTS) is 1. The Morgan fingerprint density at radius 3 is 2.77 bits per heavy atom. The number of carbonyl (C=O) groups is 1. The highest BCUT2D eigenvalue weighted by atomic mass is 19.1. The fourth-order valence-electron chi connectivity index (χ4n) is 2.11. The molecule has 110 valence electrons. The van der Waals surface area contributed by atoms with Crippen LogP contribution in [-0.4, -0.2) is 31.1 Å². The number of aryl methyl sites for hydroxylation is 1. The Morgan fingerprint density at radius 1 is 1.27 bits per heavy atom. The summed E-state index contributed by atoms with van der Waals surface area (Å²) in [7, 11) is 0. The Hall–Kier alpha value is -3.09. The van der Waals surface area contributed by atoms with E-state index in [4.69, 9.17) is 0 Å². The maximum atomic E-state index is 14.1. The molecule has 2 aromatic heterocycles. The fraction of sp³-hybridized carbons (Fsp3) is 0.0667. The van der Waals surface area contributed by atoms with Crippen LogP contribution >= 0.6 is 0 Å². The van der Waals surface area contributed by atoms with Crippen molar-refractivity contribution in [2.45, 2.75) is 6.92 Å². The molecule has 3 aromatic rings. The average molecular weight is 298 g/mol. The minimum atomic E-state index is -1.25. The normalized spacial score (nSPS) is 10.6. The van der Waals surface area contributed by atoms with Crippen LogP contribution in [0.5, 0.6) is 0 Å². The molecule has 0 unspecified atom stereocenters. The van der Waals surface area contributed by atoms with Gasteiger partial charge in [-0.3, -0.25) is 4.98 Å². The Morgan fingerprint density at radius 2 is 2.09 bits per heavy atom. The second-order valence-electron chi connectivity index (χ2n) is 4.67. The SMILES string of the molecule is Cc1ccc(F)c(-n2nnc(C(=O)O)c2-c2ccccn2)c1. The lowest BCUT2D eigenvalue weighted by Gasteiger charge is -2.08. The number of hydrogen-bond acceptors (Lipinski definition) is 4. The largest absolute Gasteiger partial charge is 0.476 e. The van der Waals surface area contributed by atoms with Gasteiger partial charge in [-0.05, 0) is 36.8 Å². The van der Waals surface area contributed by atoms with Gasteiger partial charge in [-0.2, -0.15) is 0 Å². The number of halogens is 1. The Kier molecular flexibility index (Phi) is 3.38. The van der Waals surface area contributed by atoms with Gasteiger partial charge in [-0.15, -0.1) is 5.10 Å². The minimum absolute atomic E-state index is 0.126. The van der Waals surface area contributed by atoms with Crippen LogP contribution in [0.3, 0.4) is 0 Å². The van der Waals surface area contributed by atoms with Crippen molar-refractivity contribution in [3.8, 4) is 17.1 Å². The highest BCUT2D eigenvalue weighted by Crippen LogP contribution is 2.25. The van der Waals surface area contributed by atoms with Gasteiger partial charge in [0.1, 0.15) is 17.2 Å². The smallest absolute Gasteiger partial charge is 0.358 e. The van der Waals surface area contributed by atoms with Gasteiger partial charge < -0.3 is 5.11 Å². The quantitative estimate of drug-likeness (QED) is 0.803. The predicted octanol–water partition coefficient (Wildman–Crippen LogP) is 2.48. The molecule has 0 amide bonds. The highest BCUT2D eigenvalue weighted by molar-refractivity contribution is 5.92. The zero-order chi connectivity index (χ0) is 15.7. The van der Waals surface area contributed by atoms with Crippen molar-refractivity contribution in [3.63, 3.8) is 0 Å². The third-order valence-corrected chi connectivity index (χ3v) is 3.11. The summed E-state index contributed by atoms with van der Waals surface area (Å²) >= 11 is 0. The van der Waals surface area contributed by atoms with Crippen molar-refractivity contribution >= 4 is 5.97 Å². The van der Waals surface area contributed by atoms with Crippen molar-refractivity contribution in [2.24, 2.45) is 0 Å². The molecular formula is C15H11FN4O2. The van der Waals surface area contributed by atoms with Gasteiger partial charge in [-0.1, -0.05) is 17.3 Å². The second-order valence-corrected chi connectivity index (χ2v) is 4.67. The summed E-state index contributed by atoms with van der Waals surface area (Å²) in [6.07, 6.45) is 1.52. The molecule has 0 spiro atoms. The number of aromatic nitrogens is 4. The third-order valence-electron chi connectivity index (χ3n) is 3.11.